The van der Waals surface area contributed by atoms with E-state index in [1.165, 1.54) is 5.56 Å². The molecule has 0 spiro atoms. The van der Waals surface area contributed by atoms with Gasteiger partial charge < -0.3 is 10.6 Å². The van der Waals surface area contributed by atoms with Gasteiger partial charge in [-0.05, 0) is 18.5 Å². The fourth-order valence-corrected chi connectivity index (χ4v) is 2.59. The van der Waals surface area contributed by atoms with E-state index in [-0.39, 0.29) is 17.9 Å². The summed E-state index contributed by atoms with van der Waals surface area (Å²) < 4.78 is 0. The first-order valence-electron chi connectivity index (χ1n) is 7.63. The molecule has 0 aliphatic rings. The lowest BCUT2D eigenvalue weighted by molar-refractivity contribution is -0.125. The monoisotopic (exact) mass is 276 g/mol. The third kappa shape index (κ3) is 4.64. The van der Waals surface area contributed by atoms with Gasteiger partial charge in [-0.3, -0.25) is 4.79 Å². The van der Waals surface area contributed by atoms with Crippen LogP contribution in [0.1, 0.15) is 45.2 Å². The fraction of sp³-hybridized carbons (Fsp3) is 0.588. The second kappa shape index (κ2) is 8.75. The van der Waals surface area contributed by atoms with Gasteiger partial charge in [0.1, 0.15) is 0 Å². The van der Waals surface area contributed by atoms with E-state index < -0.39 is 0 Å². The second-order valence-electron chi connectivity index (χ2n) is 5.43. The molecule has 2 unspecified atom stereocenters. The maximum Gasteiger partial charge on any atom is 0.224 e. The normalized spacial score (nSPS) is 14.1. The Balaban J connectivity index is 2.86. The lowest BCUT2D eigenvalue weighted by Gasteiger charge is -2.28. The van der Waals surface area contributed by atoms with Crippen molar-refractivity contribution in [2.45, 2.75) is 39.7 Å². The molecule has 0 fully saturated rings. The fourth-order valence-electron chi connectivity index (χ4n) is 2.59. The van der Waals surface area contributed by atoms with Crippen LogP contribution in [0.4, 0.5) is 0 Å². The van der Waals surface area contributed by atoms with Crippen LogP contribution >= 0.6 is 0 Å². The van der Waals surface area contributed by atoms with E-state index in [1.807, 2.05) is 32.2 Å². The molecular formula is C17H28N2O. The first-order chi connectivity index (χ1) is 9.63. The maximum absolute atomic E-state index is 12.3. The van der Waals surface area contributed by atoms with Gasteiger partial charge in [-0.2, -0.15) is 0 Å². The minimum atomic E-state index is -0.0134. The minimum Gasteiger partial charge on any atom is -0.349 e. The van der Waals surface area contributed by atoms with Crippen molar-refractivity contribution in [1.82, 2.24) is 10.6 Å². The molecule has 0 radical (unpaired) electrons. The molecule has 1 aromatic carbocycles. The van der Waals surface area contributed by atoms with Crippen molar-refractivity contribution >= 4 is 5.91 Å². The summed E-state index contributed by atoms with van der Waals surface area (Å²) in [6, 6.07) is 10.4. The Bertz CT molecular complexity index is 387. The van der Waals surface area contributed by atoms with Gasteiger partial charge >= 0.3 is 0 Å². The highest BCUT2D eigenvalue weighted by Crippen LogP contribution is 2.27. The number of amides is 1. The van der Waals surface area contributed by atoms with Gasteiger partial charge in [0.2, 0.25) is 5.91 Å². The molecule has 3 nitrogen and oxygen atoms in total. The molecule has 1 amide bonds. The van der Waals surface area contributed by atoms with Crippen LogP contribution in [0.2, 0.25) is 0 Å². The molecule has 1 rings (SSSR count). The molecule has 0 aliphatic carbocycles. The Labute approximate surface area is 123 Å². The first-order valence-corrected chi connectivity index (χ1v) is 7.63. The number of hydrogen-bond donors (Lipinski definition) is 2. The van der Waals surface area contributed by atoms with E-state index in [4.69, 9.17) is 0 Å². The number of carbonyl (C=O) groups is 1. The van der Waals surface area contributed by atoms with Crippen LogP contribution in [-0.4, -0.2) is 19.5 Å². The predicted octanol–water partition coefficient (Wildman–Crippen LogP) is 3.14. The summed E-state index contributed by atoms with van der Waals surface area (Å²) >= 11 is 0. The van der Waals surface area contributed by atoms with E-state index in [1.54, 1.807) is 0 Å². The molecule has 2 atom stereocenters. The van der Waals surface area contributed by atoms with Crippen LogP contribution in [0.3, 0.4) is 0 Å². The number of nitrogens with one attached hydrogen (secondary N) is 2. The molecule has 2 N–H and O–H groups in total. The highest BCUT2D eigenvalue weighted by Gasteiger charge is 2.24. The largest absolute Gasteiger partial charge is 0.349 e. The van der Waals surface area contributed by atoms with Gasteiger partial charge in [0.25, 0.3) is 0 Å². The Morgan fingerprint density at radius 2 is 1.75 bits per heavy atom. The van der Waals surface area contributed by atoms with Crippen LogP contribution < -0.4 is 10.6 Å². The van der Waals surface area contributed by atoms with Crippen molar-refractivity contribution in [2.24, 2.45) is 11.8 Å². The van der Waals surface area contributed by atoms with Gasteiger partial charge in [-0.1, -0.05) is 63.9 Å². The minimum absolute atomic E-state index is 0.0134. The zero-order valence-corrected chi connectivity index (χ0v) is 13.1. The SMILES string of the molecule is CCC(CC)C(NC(=O)C(C)CNC)c1ccccc1. The number of hydrogen-bond acceptors (Lipinski definition) is 2. The van der Waals surface area contributed by atoms with Crippen molar-refractivity contribution in [3.05, 3.63) is 35.9 Å². The first kappa shape index (κ1) is 16.7. The molecule has 0 saturated carbocycles. The van der Waals surface area contributed by atoms with Gasteiger partial charge in [-0.25, -0.2) is 0 Å². The lowest BCUT2D eigenvalue weighted by atomic mass is 9.88. The highest BCUT2D eigenvalue weighted by atomic mass is 16.1. The molecular weight excluding hydrogens is 248 g/mol. The zero-order chi connectivity index (χ0) is 15.0. The summed E-state index contributed by atoms with van der Waals surface area (Å²) in [6.07, 6.45) is 2.13. The van der Waals surface area contributed by atoms with Crippen molar-refractivity contribution < 1.29 is 4.79 Å². The lowest BCUT2D eigenvalue weighted by Crippen LogP contribution is -2.39. The summed E-state index contributed by atoms with van der Waals surface area (Å²) in [4.78, 5) is 12.3. The standard InChI is InChI=1S/C17H28N2O/c1-5-14(6-2)16(15-10-8-7-9-11-15)19-17(20)13(3)12-18-4/h7-11,13-14,16,18H,5-6,12H2,1-4H3,(H,19,20). The number of rotatable bonds is 8. The van der Waals surface area contributed by atoms with Crippen LogP contribution in [0, 0.1) is 11.8 Å². The van der Waals surface area contributed by atoms with Crippen molar-refractivity contribution in [2.75, 3.05) is 13.6 Å². The third-order valence-corrected chi connectivity index (χ3v) is 3.93. The summed E-state index contributed by atoms with van der Waals surface area (Å²) in [7, 11) is 1.87. The highest BCUT2D eigenvalue weighted by molar-refractivity contribution is 5.79. The van der Waals surface area contributed by atoms with E-state index in [0.717, 1.165) is 12.8 Å². The smallest absolute Gasteiger partial charge is 0.224 e. The van der Waals surface area contributed by atoms with Gasteiger partial charge in [0.05, 0.1) is 6.04 Å². The molecule has 20 heavy (non-hydrogen) atoms. The average Bonchev–Trinajstić information content (AvgIpc) is 2.48. The molecule has 0 aromatic heterocycles. The van der Waals surface area contributed by atoms with E-state index in [9.17, 15) is 4.79 Å². The molecule has 1 aromatic rings. The van der Waals surface area contributed by atoms with E-state index >= 15 is 0 Å². The van der Waals surface area contributed by atoms with Crippen LogP contribution in [0.15, 0.2) is 30.3 Å². The Kier molecular flexibility index (Phi) is 7.31. The molecule has 0 heterocycles. The summed E-state index contributed by atoms with van der Waals surface area (Å²) in [5, 5.41) is 6.30. The molecule has 3 heteroatoms. The van der Waals surface area contributed by atoms with Gasteiger partial charge in [0, 0.05) is 12.5 Å². The quantitative estimate of drug-likeness (QED) is 0.766. The predicted molar refractivity (Wildman–Crippen MR) is 84.5 cm³/mol. The van der Waals surface area contributed by atoms with Gasteiger partial charge in [-0.15, -0.1) is 0 Å². The Morgan fingerprint density at radius 3 is 2.25 bits per heavy atom. The molecule has 0 aliphatic heterocycles. The second-order valence-corrected chi connectivity index (χ2v) is 5.43. The average molecular weight is 276 g/mol. The molecule has 112 valence electrons. The summed E-state index contributed by atoms with van der Waals surface area (Å²) in [5.74, 6) is 0.587. The number of carbonyl (C=O) groups excluding carboxylic acids is 1. The van der Waals surface area contributed by atoms with E-state index in [2.05, 4.69) is 36.6 Å². The third-order valence-electron chi connectivity index (χ3n) is 3.93. The topological polar surface area (TPSA) is 41.1 Å². The van der Waals surface area contributed by atoms with Crippen molar-refractivity contribution in [3.8, 4) is 0 Å². The number of benzene rings is 1. The van der Waals surface area contributed by atoms with Crippen molar-refractivity contribution in [1.29, 1.82) is 0 Å². The molecule has 0 bridgehead atoms. The Morgan fingerprint density at radius 1 is 1.15 bits per heavy atom. The van der Waals surface area contributed by atoms with Crippen molar-refractivity contribution in [3.63, 3.8) is 0 Å². The Hall–Kier alpha value is -1.35. The maximum atomic E-state index is 12.3. The zero-order valence-electron chi connectivity index (χ0n) is 13.1. The molecule has 0 saturated heterocycles. The van der Waals surface area contributed by atoms with Crippen LogP contribution in [0.25, 0.3) is 0 Å². The van der Waals surface area contributed by atoms with Gasteiger partial charge in [0.15, 0.2) is 0 Å². The summed E-state index contributed by atoms with van der Waals surface area (Å²) in [5.41, 5.74) is 1.20. The van der Waals surface area contributed by atoms with Crippen LogP contribution in [-0.2, 0) is 4.79 Å². The summed E-state index contributed by atoms with van der Waals surface area (Å²) in [6.45, 7) is 7.04. The van der Waals surface area contributed by atoms with E-state index in [0.29, 0.717) is 12.5 Å². The van der Waals surface area contributed by atoms with Crippen LogP contribution in [0.5, 0.6) is 0 Å².